The maximum atomic E-state index is 11.0. The molecule has 0 spiro atoms. The van der Waals surface area contributed by atoms with E-state index < -0.39 is 36.0 Å². The minimum absolute atomic E-state index is 0.817. The lowest BCUT2D eigenvalue weighted by Gasteiger charge is -2.15. The first-order valence-corrected chi connectivity index (χ1v) is 4.07. The van der Waals surface area contributed by atoms with Crippen LogP contribution in [0.4, 0.5) is 0 Å². The first-order chi connectivity index (χ1) is 6.77. The van der Waals surface area contributed by atoms with Gasteiger partial charge in [0.05, 0.1) is 0 Å². The molecule has 0 saturated heterocycles. The van der Waals surface area contributed by atoms with Crippen molar-refractivity contribution >= 4 is 17.7 Å². The van der Waals surface area contributed by atoms with E-state index >= 15 is 0 Å². The van der Waals surface area contributed by atoms with Crippen LogP contribution in [0.15, 0.2) is 0 Å². The number of Topliss-reactive ketones (excluding diaryl/α,β-unsaturated/α-hetero) is 1. The third kappa shape index (κ3) is 4.05. The van der Waals surface area contributed by atoms with Crippen LogP contribution < -0.4 is 0 Å². The van der Waals surface area contributed by atoms with Crippen LogP contribution in [0.1, 0.15) is 13.8 Å². The van der Waals surface area contributed by atoms with Gasteiger partial charge in [0.25, 0.3) is 0 Å². The summed E-state index contributed by atoms with van der Waals surface area (Å²) in [6.45, 7) is 2.05. The van der Waals surface area contributed by atoms with Gasteiger partial charge in [-0.05, 0) is 13.8 Å². The molecule has 0 aliphatic heterocycles. The molecule has 0 heterocycles. The molecule has 0 aliphatic carbocycles. The van der Waals surface area contributed by atoms with E-state index in [1.165, 1.54) is 0 Å². The Bertz CT molecular complexity index is 272. The summed E-state index contributed by atoms with van der Waals surface area (Å²) in [5.41, 5.74) is 0. The van der Waals surface area contributed by atoms with E-state index in [2.05, 4.69) is 4.74 Å². The molecule has 0 amide bonds. The second kappa shape index (κ2) is 5.42. The third-order valence-electron chi connectivity index (χ3n) is 1.60. The summed E-state index contributed by atoms with van der Waals surface area (Å²) in [7, 11) is 0. The van der Waals surface area contributed by atoms with Crippen molar-refractivity contribution in [3.63, 3.8) is 0 Å². The largest absolute Gasteiger partial charge is 0.479 e. The summed E-state index contributed by atoms with van der Waals surface area (Å²) in [4.78, 5) is 31.8. The van der Waals surface area contributed by atoms with Crippen LogP contribution in [0.5, 0.6) is 0 Å². The SMILES string of the molecule is CC(=O)[C@@H](O)[C@H](O)C(=O)O[C@@H](C)C(=O)O. The number of aliphatic carboxylic acids is 1. The van der Waals surface area contributed by atoms with Gasteiger partial charge in [0.15, 0.2) is 18.0 Å². The van der Waals surface area contributed by atoms with E-state index in [0.717, 1.165) is 13.8 Å². The molecule has 0 radical (unpaired) electrons. The lowest BCUT2D eigenvalue weighted by atomic mass is 10.1. The zero-order valence-electron chi connectivity index (χ0n) is 8.21. The van der Waals surface area contributed by atoms with Crippen molar-refractivity contribution in [1.29, 1.82) is 0 Å². The van der Waals surface area contributed by atoms with Crippen LogP contribution in [-0.4, -0.2) is 51.4 Å². The molecular formula is C8H12O7. The van der Waals surface area contributed by atoms with Gasteiger partial charge < -0.3 is 20.1 Å². The van der Waals surface area contributed by atoms with Gasteiger partial charge in [0, 0.05) is 0 Å². The summed E-state index contributed by atoms with van der Waals surface area (Å²) in [6, 6.07) is 0. The lowest BCUT2D eigenvalue weighted by Crippen LogP contribution is -2.41. The Hall–Kier alpha value is -1.47. The van der Waals surface area contributed by atoms with Crippen molar-refractivity contribution in [2.75, 3.05) is 0 Å². The summed E-state index contributed by atoms with van der Waals surface area (Å²) < 4.78 is 4.24. The lowest BCUT2D eigenvalue weighted by molar-refractivity contribution is -0.174. The Labute approximate surface area is 85.3 Å². The van der Waals surface area contributed by atoms with E-state index in [1.807, 2.05) is 0 Å². The van der Waals surface area contributed by atoms with Crippen LogP contribution in [0.25, 0.3) is 0 Å². The maximum absolute atomic E-state index is 11.0. The van der Waals surface area contributed by atoms with Crippen molar-refractivity contribution in [2.45, 2.75) is 32.2 Å². The zero-order chi connectivity index (χ0) is 12.2. The Morgan fingerprint density at radius 3 is 1.93 bits per heavy atom. The van der Waals surface area contributed by atoms with Crippen LogP contribution in [0.2, 0.25) is 0 Å². The summed E-state index contributed by atoms with van der Waals surface area (Å²) in [5.74, 6) is -3.57. The average Bonchev–Trinajstić information content (AvgIpc) is 2.14. The van der Waals surface area contributed by atoms with Crippen molar-refractivity contribution in [1.82, 2.24) is 0 Å². The average molecular weight is 220 g/mol. The summed E-state index contributed by atoms with van der Waals surface area (Å²) in [5, 5.41) is 26.4. The topological polar surface area (TPSA) is 121 Å². The molecule has 0 fully saturated rings. The van der Waals surface area contributed by atoms with Gasteiger partial charge in [-0.25, -0.2) is 9.59 Å². The molecule has 86 valence electrons. The molecule has 7 heteroatoms. The summed E-state index contributed by atoms with van der Waals surface area (Å²) in [6.07, 6.45) is -5.42. The first-order valence-electron chi connectivity index (χ1n) is 4.07. The molecule has 0 aliphatic rings. The van der Waals surface area contributed by atoms with Gasteiger partial charge in [-0.15, -0.1) is 0 Å². The highest BCUT2D eigenvalue weighted by molar-refractivity contribution is 5.89. The Morgan fingerprint density at radius 2 is 1.60 bits per heavy atom. The molecule has 0 unspecified atom stereocenters. The highest BCUT2D eigenvalue weighted by Crippen LogP contribution is 2.01. The Kier molecular flexibility index (Phi) is 4.89. The molecule has 15 heavy (non-hydrogen) atoms. The molecule has 3 N–H and O–H groups in total. The van der Waals surface area contributed by atoms with Crippen molar-refractivity contribution in [2.24, 2.45) is 0 Å². The highest BCUT2D eigenvalue weighted by Gasteiger charge is 2.31. The molecule has 0 aromatic heterocycles. The van der Waals surface area contributed by atoms with Gasteiger partial charge in [0.2, 0.25) is 0 Å². The molecule has 0 aromatic carbocycles. The van der Waals surface area contributed by atoms with E-state index in [9.17, 15) is 14.4 Å². The number of aliphatic hydroxyl groups is 2. The normalized spacial score (nSPS) is 16.3. The fourth-order valence-electron chi connectivity index (χ4n) is 0.646. The second-order valence-corrected chi connectivity index (χ2v) is 2.92. The fraction of sp³-hybridized carbons (Fsp3) is 0.625. The van der Waals surface area contributed by atoms with E-state index in [1.54, 1.807) is 0 Å². The number of hydrogen-bond acceptors (Lipinski definition) is 6. The number of carboxylic acid groups (broad SMARTS) is 1. The maximum Gasteiger partial charge on any atom is 0.344 e. The first kappa shape index (κ1) is 13.5. The van der Waals surface area contributed by atoms with Crippen LogP contribution in [0, 0.1) is 0 Å². The number of carbonyl (C=O) groups is 3. The monoisotopic (exact) mass is 220 g/mol. The zero-order valence-corrected chi connectivity index (χ0v) is 8.21. The van der Waals surface area contributed by atoms with Gasteiger partial charge in [-0.1, -0.05) is 0 Å². The van der Waals surface area contributed by atoms with E-state index in [0.29, 0.717) is 0 Å². The number of esters is 1. The molecule has 0 saturated carbocycles. The molecular weight excluding hydrogens is 208 g/mol. The highest BCUT2D eigenvalue weighted by atomic mass is 16.6. The molecule has 3 atom stereocenters. The Morgan fingerprint density at radius 1 is 1.13 bits per heavy atom. The summed E-state index contributed by atoms with van der Waals surface area (Å²) >= 11 is 0. The van der Waals surface area contributed by atoms with Gasteiger partial charge in [-0.2, -0.15) is 0 Å². The van der Waals surface area contributed by atoms with Crippen LogP contribution >= 0.6 is 0 Å². The smallest absolute Gasteiger partial charge is 0.344 e. The fourth-order valence-corrected chi connectivity index (χ4v) is 0.646. The molecule has 7 nitrogen and oxygen atoms in total. The van der Waals surface area contributed by atoms with Gasteiger partial charge in [0.1, 0.15) is 6.10 Å². The van der Waals surface area contributed by atoms with Crippen molar-refractivity contribution < 1.29 is 34.4 Å². The third-order valence-corrected chi connectivity index (χ3v) is 1.60. The van der Waals surface area contributed by atoms with Crippen molar-refractivity contribution in [3.05, 3.63) is 0 Å². The standard InChI is InChI=1S/C8H12O7/c1-3(9)5(10)6(11)8(14)15-4(2)7(12)13/h4-6,10-11H,1-2H3,(H,12,13)/t4-,5+,6-/m0/s1. The minimum Gasteiger partial charge on any atom is -0.479 e. The van der Waals surface area contributed by atoms with Crippen LogP contribution in [-0.2, 0) is 19.1 Å². The number of ether oxygens (including phenoxy) is 1. The number of ketones is 1. The van der Waals surface area contributed by atoms with E-state index in [4.69, 9.17) is 15.3 Å². The Balaban J connectivity index is 4.34. The predicted octanol–water partition coefficient (Wildman–Crippen LogP) is -1.69. The number of carboxylic acids is 1. The van der Waals surface area contributed by atoms with E-state index in [-0.39, 0.29) is 0 Å². The predicted molar refractivity (Wildman–Crippen MR) is 45.9 cm³/mol. The number of rotatable bonds is 5. The number of aliphatic hydroxyl groups excluding tert-OH is 2. The van der Waals surface area contributed by atoms with Crippen LogP contribution in [0.3, 0.4) is 0 Å². The number of hydrogen-bond donors (Lipinski definition) is 3. The quantitative estimate of drug-likeness (QED) is 0.473. The number of carbonyl (C=O) groups excluding carboxylic acids is 2. The minimum atomic E-state index is -2.07. The van der Waals surface area contributed by atoms with Gasteiger partial charge in [-0.3, -0.25) is 4.79 Å². The molecule has 0 aromatic rings. The second-order valence-electron chi connectivity index (χ2n) is 2.92. The van der Waals surface area contributed by atoms with Gasteiger partial charge >= 0.3 is 11.9 Å². The van der Waals surface area contributed by atoms with Crippen molar-refractivity contribution in [3.8, 4) is 0 Å². The molecule has 0 rings (SSSR count). The molecule has 0 bridgehead atoms.